The number of anilines is 1. The molecule has 1 atom stereocenters. The lowest BCUT2D eigenvalue weighted by atomic mass is 9.87. The van der Waals surface area contributed by atoms with Crippen LogP contribution in [0, 0.1) is 5.92 Å². The van der Waals surface area contributed by atoms with E-state index < -0.39 is 10.0 Å². The summed E-state index contributed by atoms with van der Waals surface area (Å²) in [6, 6.07) is 8.44. The summed E-state index contributed by atoms with van der Waals surface area (Å²) in [4.78, 5) is 21.5. The Balaban J connectivity index is 1.84. The van der Waals surface area contributed by atoms with Gasteiger partial charge in [-0.05, 0) is 36.1 Å². The molecule has 3 rings (SSSR count). The van der Waals surface area contributed by atoms with Crippen molar-refractivity contribution in [2.24, 2.45) is 5.92 Å². The zero-order valence-corrected chi connectivity index (χ0v) is 18.4. The number of hydrogen-bond acceptors (Lipinski definition) is 5. The smallest absolute Gasteiger partial charge is 0.243 e. The largest absolute Gasteiger partial charge is 0.294 e. The van der Waals surface area contributed by atoms with E-state index in [1.807, 2.05) is 13.8 Å². The summed E-state index contributed by atoms with van der Waals surface area (Å²) in [5.41, 5.74) is 0.814. The first kappa shape index (κ1) is 22.4. The highest BCUT2D eigenvalue weighted by atomic mass is 32.2. The zero-order chi connectivity index (χ0) is 21.6. The fourth-order valence-electron chi connectivity index (χ4n) is 4.12. The molecule has 1 fully saturated rings. The molecule has 0 aliphatic heterocycles. The molecule has 1 aromatic heterocycles. The van der Waals surface area contributed by atoms with E-state index in [2.05, 4.69) is 15.3 Å². The first-order valence-corrected chi connectivity index (χ1v) is 12.1. The average molecular weight is 431 g/mol. The van der Waals surface area contributed by atoms with E-state index >= 15 is 0 Å². The molecule has 1 aliphatic rings. The minimum atomic E-state index is -3.52. The number of aromatic nitrogens is 2. The summed E-state index contributed by atoms with van der Waals surface area (Å²) in [5.74, 6) is 0.241. The van der Waals surface area contributed by atoms with Crippen molar-refractivity contribution >= 4 is 21.9 Å². The van der Waals surface area contributed by atoms with E-state index in [1.165, 1.54) is 17.1 Å². The van der Waals surface area contributed by atoms with Crippen LogP contribution in [0.4, 0.5) is 5.95 Å². The van der Waals surface area contributed by atoms with Gasteiger partial charge in [-0.25, -0.2) is 18.4 Å². The third-order valence-electron chi connectivity index (χ3n) is 5.79. The number of sulfonamides is 1. The van der Waals surface area contributed by atoms with Crippen LogP contribution < -0.4 is 5.32 Å². The van der Waals surface area contributed by atoms with E-state index in [4.69, 9.17) is 0 Å². The Morgan fingerprint density at radius 2 is 1.70 bits per heavy atom. The molecule has 1 N–H and O–H groups in total. The van der Waals surface area contributed by atoms with Gasteiger partial charge in [-0.2, -0.15) is 4.31 Å². The molecule has 162 valence electrons. The van der Waals surface area contributed by atoms with E-state index in [-0.39, 0.29) is 22.7 Å². The van der Waals surface area contributed by atoms with Crippen molar-refractivity contribution in [1.82, 2.24) is 14.3 Å². The van der Waals surface area contributed by atoms with Gasteiger partial charge in [0.1, 0.15) is 0 Å². The quantitative estimate of drug-likeness (QED) is 0.653. The normalized spacial score (nSPS) is 16.0. The maximum Gasteiger partial charge on any atom is 0.243 e. The summed E-state index contributed by atoms with van der Waals surface area (Å²) in [6.07, 6.45) is 8.55. The van der Waals surface area contributed by atoms with Gasteiger partial charge in [0.25, 0.3) is 0 Å². The Bertz CT molecular complexity index is 923. The predicted molar refractivity (Wildman–Crippen MR) is 117 cm³/mol. The van der Waals surface area contributed by atoms with E-state index in [1.54, 1.807) is 42.7 Å². The van der Waals surface area contributed by atoms with Crippen molar-refractivity contribution < 1.29 is 13.2 Å². The second kappa shape index (κ2) is 10.1. The lowest BCUT2D eigenvalue weighted by molar-refractivity contribution is -0.118. The lowest BCUT2D eigenvalue weighted by Gasteiger charge is -2.21. The summed E-state index contributed by atoms with van der Waals surface area (Å²) < 4.78 is 26.9. The van der Waals surface area contributed by atoms with Gasteiger partial charge in [-0.3, -0.25) is 10.1 Å². The van der Waals surface area contributed by atoms with Crippen LogP contribution in [-0.2, 0) is 14.8 Å². The van der Waals surface area contributed by atoms with Crippen LogP contribution in [-0.4, -0.2) is 41.7 Å². The van der Waals surface area contributed by atoms with Gasteiger partial charge >= 0.3 is 0 Å². The highest BCUT2D eigenvalue weighted by molar-refractivity contribution is 7.89. The van der Waals surface area contributed by atoms with Gasteiger partial charge in [0.2, 0.25) is 21.9 Å². The van der Waals surface area contributed by atoms with Crippen LogP contribution >= 0.6 is 0 Å². The molecule has 1 heterocycles. The first-order valence-electron chi connectivity index (χ1n) is 10.6. The maximum atomic E-state index is 13.1. The van der Waals surface area contributed by atoms with Gasteiger partial charge in [-0.1, -0.05) is 51.7 Å². The van der Waals surface area contributed by atoms with Crippen LogP contribution in [0.3, 0.4) is 0 Å². The maximum absolute atomic E-state index is 13.1. The molecule has 0 saturated heterocycles. The third-order valence-corrected chi connectivity index (χ3v) is 7.85. The molecule has 0 bridgehead atoms. The number of benzene rings is 1. The zero-order valence-electron chi connectivity index (χ0n) is 17.6. The minimum absolute atomic E-state index is 0.160. The molecule has 0 unspecified atom stereocenters. The average Bonchev–Trinajstić information content (AvgIpc) is 3.27. The lowest BCUT2D eigenvalue weighted by Crippen LogP contribution is -2.30. The highest BCUT2D eigenvalue weighted by Gasteiger charge is 2.28. The van der Waals surface area contributed by atoms with Crippen molar-refractivity contribution in [3.8, 4) is 0 Å². The minimum Gasteiger partial charge on any atom is -0.294 e. The molecule has 1 amide bonds. The summed E-state index contributed by atoms with van der Waals surface area (Å²) in [7, 11) is -3.52. The van der Waals surface area contributed by atoms with Crippen LogP contribution in [0.5, 0.6) is 0 Å². The molecule has 0 radical (unpaired) electrons. The van der Waals surface area contributed by atoms with E-state index in [0.717, 1.165) is 24.8 Å². The number of hydrogen-bond donors (Lipinski definition) is 1. The molecule has 2 aromatic rings. The second-order valence-electron chi connectivity index (χ2n) is 7.66. The second-order valence-corrected chi connectivity index (χ2v) is 9.60. The van der Waals surface area contributed by atoms with Crippen molar-refractivity contribution in [2.45, 2.75) is 56.8 Å². The van der Waals surface area contributed by atoms with Crippen molar-refractivity contribution in [3.05, 3.63) is 48.3 Å². The monoisotopic (exact) mass is 430 g/mol. The predicted octanol–water partition coefficient (Wildman–Crippen LogP) is 3.81. The molecule has 1 aliphatic carbocycles. The number of carbonyl (C=O) groups excluding carboxylic acids is 1. The molecule has 8 heteroatoms. The molecule has 30 heavy (non-hydrogen) atoms. The fourth-order valence-corrected chi connectivity index (χ4v) is 5.58. The standard InChI is InChI=1S/C22H30N4O3S/c1-3-26(4-2)30(28,29)19-12-10-18(11-13-19)20(16-17-8-5-6-9-17)21(27)25-22-23-14-7-15-24-22/h7,10-15,17,20H,3-6,8-9,16H2,1-2H3,(H,23,24,25,27)/t20-/m1/s1. The Labute approximate surface area is 179 Å². The van der Waals surface area contributed by atoms with Crippen LogP contribution in [0.2, 0.25) is 0 Å². The number of nitrogens with one attached hydrogen (secondary N) is 1. The van der Waals surface area contributed by atoms with Gasteiger partial charge in [0, 0.05) is 25.5 Å². The topological polar surface area (TPSA) is 92.3 Å². The van der Waals surface area contributed by atoms with Crippen molar-refractivity contribution in [1.29, 1.82) is 0 Å². The highest BCUT2D eigenvalue weighted by Crippen LogP contribution is 2.35. The molecule has 1 saturated carbocycles. The molecular weight excluding hydrogens is 400 g/mol. The van der Waals surface area contributed by atoms with Crippen molar-refractivity contribution in [2.75, 3.05) is 18.4 Å². The Morgan fingerprint density at radius 3 is 2.27 bits per heavy atom. The van der Waals surface area contributed by atoms with Gasteiger partial charge in [-0.15, -0.1) is 0 Å². The van der Waals surface area contributed by atoms with Gasteiger partial charge in [0.05, 0.1) is 10.8 Å². The fraction of sp³-hybridized carbons (Fsp3) is 0.500. The number of rotatable bonds is 9. The van der Waals surface area contributed by atoms with Crippen molar-refractivity contribution in [3.63, 3.8) is 0 Å². The van der Waals surface area contributed by atoms with E-state index in [0.29, 0.717) is 19.0 Å². The van der Waals surface area contributed by atoms with Crippen LogP contribution in [0.15, 0.2) is 47.6 Å². The number of carbonyl (C=O) groups is 1. The SMILES string of the molecule is CCN(CC)S(=O)(=O)c1ccc([C@@H](CC2CCCC2)C(=O)Nc2ncccn2)cc1. The first-order chi connectivity index (χ1) is 14.5. The number of amides is 1. The Kier molecular flexibility index (Phi) is 7.55. The van der Waals surface area contributed by atoms with E-state index in [9.17, 15) is 13.2 Å². The summed E-state index contributed by atoms with van der Waals surface area (Å²) in [5, 5.41) is 2.81. The van der Waals surface area contributed by atoms with Crippen LogP contribution in [0.1, 0.15) is 57.4 Å². The molecule has 0 spiro atoms. The van der Waals surface area contributed by atoms with Gasteiger partial charge < -0.3 is 0 Å². The van der Waals surface area contributed by atoms with Gasteiger partial charge in [0.15, 0.2) is 0 Å². The molecule has 1 aromatic carbocycles. The third kappa shape index (κ3) is 5.23. The Morgan fingerprint density at radius 1 is 1.10 bits per heavy atom. The Hall–Kier alpha value is -2.32. The molecular formula is C22H30N4O3S. The number of nitrogens with zero attached hydrogens (tertiary/aromatic N) is 3. The summed E-state index contributed by atoms with van der Waals surface area (Å²) >= 11 is 0. The molecule has 7 nitrogen and oxygen atoms in total. The summed E-state index contributed by atoms with van der Waals surface area (Å²) in [6.45, 7) is 4.49. The van der Waals surface area contributed by atoms with Crippen LogP contribution in [0.25, 0.3) is 0 Å².